The summed E-state index contributed by atoms with van der Waals surface area (Å²) in [6, 6.07) is 9.66. The summed E-state index contributed by atoms with van der Waals surface area (Å²) in [6.45, 7) is 0.733. The summed E-state index contributed by atoms with van der Waals surface area (Å²) in [6.07, 6.45) is 2.74. The van der Waals surface area contributed by atoms with Crippen LogP contribution in [0.15, 0.2) is 30.3 Å². The van der Waals surface area contributed by atoms with Gasteiger partial charge in [0, 0.05) is 6.54 Å². The van der Waals surface area contributed by atoms with Crippen LogP contribution < -0.4 is 5.32 Å². The van der Waals surface area contributed by atoms with Gasteiger partial charge in [-0.1, -0.05) is 30.3 Å². The maximum atomic E-state index is 12.1. The molecule has 1 unspecified atom stereocenters. The number of benzene rings is 1. The molecule has 1 aliphatic rings. The average molecular weight is 232 g/mol. The zero-order valence-corrected chi connectivity index (χ0v) is 9.63. The highest BCUT2D eigenvalue weighted by atomic mass is 16.2. The van der Waals surface area contributed by atoms with Gasteiger partial charge in [0.05, 0.1) is 6.42 Å². The van der Waals surface area contributed by atoms with E-state index >= 15 is 0 Å². The van der Waals surface area contributed by atoms with Gasteiger partial charge >= 0.3 is 0 Å². The van der Waals surface area contributed by atoms with Crippen molar-refractivity contribution in [1.29, 1.82) is 0 Å². The van der Waals surface area contributed by atoms with Crippen molar-refractivity contribution >= 4 is 12.3 Å². The normalized spacial score (nSPS) is 19.1. The van der Waals surface area contributed by atoms with Gasteiger partial charge in [0.25, 0.3) is 0 Å². The van der Waals surface area contributed by atoms with Gasteiger partial charge in [-0.05, 0) is 18.4 Å². The third-order valence-electron chi connectivity index (χ3n) is 3.03. The predicted molar refractivity (Wildman–Crippen MR) is 64.1 cm³/mol. The highest BCUT2D eigenvalue weighted by molar-refractivity contribution is 5.79. The molecular formula is C13H16N2O2. The van der Waals surface area contributed by atoms with E-state index in [-0.39, 0.29) is 12.1 Å². The maximum absolute atomic E-state index is 12.1. The molecule has 1 N–H and O–H groups in total. The zero-order chi connectivity index (χ0) is 12.1. The van der Waals surface area contributed by atoms with Gasteiger partial charge in [0.15, 0.2) is 0 Å². The summed E-state index contributed by atoms with van der Waals surface area (Å²) in [7, 11) is 0. The van der Waals surface area contributed by atoms with Crippen LogP contribution in [0.4, 0.5) is 0 Å². The summed E-state index contributed by atoms with van der Waals surface area (Å²) < 4.78 is 0. The molecule has 0 radical (unpaired) electrons. The van der Waals surface area contributed by atoms with Crippen LogP contribution in [0.25, 0.3) is 0 Å². The number of carbonyl (C=O) groups is 2. The molecular weight excluding hydrogens is 216 g/mol. The minimum absolute atomic E-state index is 0.0769. The molecule has 1 atom stereocenters. The molecule has 1 fully saturated rings. The fourth-order valence-corrected chi connectivity index (χ4v) is 2.19. The largest absolute Gasteiger partial charge is 0.338 e. The molecule has 2 amide bonds. The summed E-state index contributed by atoms with van der Waals surface area (Å²) in [5.74, 6) is 0.0769. The van der Waals surface area contributed by atoms with Crippen molar-refractivity contribution < 1.29 is 9.59 Å². The number of nitrogens with zero attached hydrogens (tertiary/aromatic N) is 1. The Morgan fingerprint density at radius 1 is 1.41 bits per heavy atom. The lowest BCUT2D eigenvalue weighted by Crippen LogP contribution is -2.44. The van der Waals surface area contributed by atoms with Crippen LogP contribution in [0.1, 0.15) is 18.4 Å². The molecule has 0 saturated carbocycles. The van der Waals surface area contributed by atoms with Crippen molar-refractivity contribution in [2.45, 2.75) is 25.4 Å². The van der Waals surface area contributed by atoms with Crippen molar-refractivity contribution in [2.24, 2.45) is 0 Å². The Labute approximate surface area is 101 Å². The molecule has 2 rings (SSSR count). The second-order valence-electron chi connectivity index (χ2n) is 4.19. The van der Waals surface area contributed by atoms with Crippen molar-refractivity contribution in [3.8, 4) is 0 Å². The molecule has 4 nitrogen and oxygen atoms in total. The van der Waals surface area contributed by atoms with Gasteiger partial charge in [0.2, 0.25) is 12.3 Å². The second kappa shape index (κ2) is 5.48. The molecule has 0 aliphatic carbocycles. The topological polar surface area (TPSA) is 49.4 Å². The number of hydrogen-bond donors (Lipinski definition) is 1. The van der Waals surface area contributed by atoms with E-state index in [0.29, 0.717) is 12.8 Å². The SMILES string of the molecule is O=CNC1CCCN1C(=O)Cc1ccccc1. The van der Waals surface area contributed by atoms with Crippen molar-refractivity contribution in [2.75, 3.05) is 6.54 Å². The molecule has 0 spiro atoms. The lowest BCUT2D eigenvalue weighted by Gasteiger charge is -2.24. The smallest absolute Gasteiger partial charge is 0.228 e. The lowest BCUT2D eigenvalue weighted by atomic mass is 10.1. The summed E-state index contributed by atoms with van der Waals surface area (Å²) in [4.78, 5) is 24.3. The number of amides is 2. The Morgan fingerprint density at radius 2 is 2.18 bits per heavy atom. The van der Waals surface area contributed by atoms with E-state index in [2.05, 4.69) is 5.32 Å². The monoisotopic (exact) mass is 232 g/mol. The number of carbonyl (C=O) groups excluding carboxylic acids is 2. The first-order chi connectivity index (χ1) is 8.31. The third-order valence-corrected chi connectivity index (χ3v) is 3.03. The molecule has 0 aromatic heterocycles. The first kappa shape index (κ1) is 11.6. The van der Waals surface area contributed by atoms with Crippen LogP contribution in [0, 0.1) is 0 Å². The van der Waals surface area contributed by atoms with Crippen LogP contribution >= 0.6 is 0 Å². The van der Waals surface area contributed by atoms with E-state index < -0.39 is 0 Å². The Morgan fingerprint density at radius 3 is 2.88 bits per heavy atom. The number of nitrogens with one attached hydrogen (secondary N) is 1. The van der Waals surface area contributed by atoms with Gasteiger partial charge in [-0.25, -0.2) is 0 Å². The van der Waals surface area contributed by atoms with E-state index in [1.165, 1.54) is 0 Å². The van der Waals surface area contributed by atoms with E-state index in [1.54, 1.807) is 4.90 Å². The van der Waals surface area contributed by atoms with Crippen molar-refractivity contribution in [1.82, 2.24) is 10.2 Å². The van der Waals surface area contributed by atoms with Crippen LogP contribution in [-0.4, -0.2) is 29.9 Å². The predicted octanol–water partition coefficient (Wildman–Crippen LogP) is 0.924. The van der Waals surface area contributed by atoms with Gasteiger partial charge in [0.1, 0.15) is 6.17 Å². The Balaban J connectivity index is 1.97. The van der Waals surface area contributed by atoms with Crippen LogP contribution in [0.3, 0.4) is 0 Å². The Bertz CT molecular complexity index is 392. The first-order valence-electron chi connectivity index (χ1n) is 5.84. The highest BCUT2D eigenvalue weighted by Crippen LogP contribution is 2.16. The molecule has 1 aromatic rings. The molecule has 90 valence electrons. The van der Waals surface area contributed by atoms with E-state index in [9.17, 15) is 9.59 Å². The van der Waals surface area contributed by atoms with E-state index in [4.69, 9.17) is 0 Å². The minimum Gasteiger partial charge on any atom is -0.338 e. The highest BCUT2D eigenvalue weighted by Gasteiger charge is 2.27. The van der Waals surface area contributed by atoms with Crippen LogP contribution in [0.2, 0.25) is 0 Å². The van der Waals surface area contributed by atoms with Gasteiger partial charge in [-0.2, -0.15) is 0 Å². The standard InChI is InChI=1S/C13H16N2O2/c16-10-14-12-7-4-8-15(12)13(17)9-11-5-2-1-3-6-11/h1-3,5-6,10,12H,4,7-9H2,(H,14,16). The Hall–Kier alpha value is -1.84. The summed E-state index contributed by atoms with van der Waals surface area (Å²) >= 11 is 0. The number of rotatable bonds is 4. The number of likely N-dealkylation sites (tertiary alicyclic amines) is 1. The molecule has 1 heterocycles. The van der Waals surface area contributed by atoms with Crippen molar-refractivity contribution in [3.05, 3.63) is 35.9 Å². The lowest BCUT2D eigenvalue weighted by molar-refractivity contribution is -0.132. The van der Waals surface area contributed by atoms with Gasteiger partial charge < -0.3 is 10.2 Å². The molecule has 1 saturated heterocycles. The third kappa shape index (κ3) is 2.84. The Kier molecular flexibility index (Phi) is 3.75. The van der Waals surface area contributed by atoms with Crippen LogP contribution in [0.5, 0.6) is 0 Å². The fourth-order valence-electron chi connectivity index (χ4n) is 2.19. The average Bonchev–Trinajstić information content (AvgIpc) is 2.79. The fraction of sp³-hybridized carbons (Fsp3) is 0.385. The second-order valence-corrected chi connectivity index (χ2v) is 4.19. The number of hydrogen-bond acceptors (Lipinski definition) is 2. The van der Waals surface area contributed by atoms with Crippen molar-refractivity contribution in [3.63, 3.8) is 0 Å². The molecule has 1 aliphatic heterocycles. The quantitative estimate of drug-likeness (QED) is 0.785. The molecule has 0 bridgehead atoms. The summed E-state index contributed by atoms with van der Waals surface area (Å²) in [5.41, 5.74) is 1.01. The van der Waals surface area contributed by atoms with Gasteiger partial charge in [-0.3, -0.25) is 9.59 Å². The minimum atomic E-state index is -0.122. The zero-order valence-electron chi connectivity index (χ0n) is 9.63. The molecule has 1 aromatic carbocycles. The van der Waals surface area contributed by atoms with E-state index in [1.807, 2.05) is 30.3 Å². The molecule has 4 heteroatoms. The van der Waals surface area contributed by atoms with Crippen LogP contribution in [-0.2, 0) is 16.0 Å². The van der Waals surface area contributed by atoms with E-state index in [0.717, 1.165) is 24.9 Å². The van der Waals surface area contributed by atoms with Gasteiger partial charge in [-0.15, -0.1) is 0 Å². The first-order valence-corrected chi connectivity index (χ1v) is 5.84. The maximum Gasteiger partial charge on any atom is 0.228 e. The summed E-state index contributed by atoms with van der Waals surface area (Å²) in [5, 5.41) is 2.69. The molecule has 17 heavy (non-hydrogen) atoms.